The van der Waals surface area contributed by atoms with Gasteiger partial charge in [0, 0.05) is 6.54 Å². The molecule has 1 aliphatic heterocycles. The maximum Gasteiger partial charge on any atom is 0.315 e. The Labute approximate surface area is 156 Å². The van der Waals surface area contributed by atoms with Gasteiger partial charge < -0.3 is 9.64 Å². The molecular formula is C23H27NO2. The van der Waals surface area contributed by atoms with Crippen molar-refractivity contribution >= 4 is 5.97 Å². The van der Waals surface area contributed by atoms with Crippen molar-refractivity contribution in [1.82, 2.24) is 4.90 Å². The monoisotopic (exact) mass is 349 g/mol. The maximum absolute atomic E-state index is 12.5. The van der Waals surface area contributed by atoms with Crippen molar-refractivity contribution in [3.63, 3.8) is 0 Å². The summed E-state index contributed by atoms with van der Waals surface area (Å²) in [6, 6.07) is 16.4. The molecule has 0 saturated carbocycles. The smallest absolute Gasteiger partial charge is 0.315 e. The van der Waals surface area contributed by atoms with E-state index in [-0.39, 0.29) is 11.9 Å². The van der Waals surface area contributed by atoms with Crippen LogP contribution in [0.25, 0.3) is 0 Å². The van der Waals surface area contributed by atoms with Gasteiger partial charge in [0.25, 0.3) is 0 Å². The second-order valence-corrected chi connectivity index (χ2v) is 7.59. The summed E-state index contributed by atoms with van der Waals surface area (Å²) in [5.41, 5.74) is 3.87. The van der Waals surface area contributed by atoms with E-state index in [1.165, 1.54) is 49.0 Å². The van der Waals surface area contributed by atoms with Gasteiger partial charge in [-0.15, -0.1) is 0 Å². The Morgan fingerprint density at radius 1 is 0.923 bits per heavy atom. The average molecular weight is 349 g/mol. The van der Waals surface area contributed by atoms with Gasteiger partial charge >= 0.3 is 5.97 Å². The number of nitrogens with zero attached hydrogens (tertiary/aromatic N) is 1. The summed E-state index contributed by atoms with van der Waals surface area (Å²) in [5.74, 6) is 0.501. The minimum absolute atomic E-state index is 0.0498. The molecule has 1 aliphatic carbocycles. The molecule has 2 aromatic carbocycles. The molecule has 136 valence electrons. The Kier molecular flexibility index (Phi) is 5.35. The van der Waals surface area contributed by atoms with Crippen LogP contribution in [-0.4, -0.2) is 30.5 Å². The first-order chi connectivity index (χ1) is 12.8. The topological polar surface area (TPSA) is 29.5 Å². The van der Waals surface area contributed by atoms with Gasteiger partial charge in [-0.3, -0.25) is 4.79 Å². The summed E-state index contributed by atoms with van der Waals surface area (Å²) in [7, 11) is 0. The van der Waals surface area contributed by atoms with Gasteiger partial charge in [0.15, 0.2) is 0 Å². The van der Waals surface area contributed by atoms with Crippen molar-refractivity contribution in [1.29, 1.82) is 0 Å². The maximum atomic E-state index is 12.5. The zero-order valence-electron chi connectivity index (χ0n) is 15.3. The predicted octanol–water partition coefficient (Wildman–Crippen LogP) is 4.04. The summed E-state index contributed by atoms with van der Waals surface area (Å²) in [4.78, 5) is 15.0. The van der Waals surface area contributed by atoms with Crippen LogP contribution in [0, 0.1) is 5.92 Å². The Balaban J connectivity index is 1.28. The molecule has 0 bridgehead atoms. The standard InChI is InChI=1S/C23H27NO2/c25-23(21-16-19-6-2-3-7-20(19)17-21)26-22-10-8-18(9-11-22)12-15-24-13-4-1-5-14-24/h2-3,6-11,21H,1,4-5,12-17H2. The normalized spacial score (nSPS) is 17.8. The van der Waals surface area contributed by atoms with Gasteiger partial charge in [-0.1, -0.05) is 42.8 Å². The SMILES string of the molecule is O=C(Oc1ccc(CCN2CCCCC2)cc1)C1Cc2ccccc2C1. The molecule has 0 N–H and O–H groups in total. The molecule has 2 aromatic rings. The van der Waals surface area contributed by atoms with Gasteiger partial charge in [-0.05, 0) is 74.0 Å². The van der Waals surface area contributed by atoms with Crippen molar-refractivity contribution in [2.75, 3.05) is 19.6 Å². The largest absolute Gasteiger partial charge is 0.426 e. The molecule has 0 atom stereocenters. The van der Waals surface area contributed by atoms with Crippen LogP contribution in [0.15, 0.2) is 48.5 Å². The number of esters is 1. The van der Waals surface area contributed by atoms with Crippen LogP contribution in [0.2, 0.25) is 0 Å². The van der Waals surface area contributed by atoms with Crippen LogP contribution < -0.4 is 4.74 Å². The molecule has 26 heavy (non-hydrogen) atoms. The first-order valence-electron chi connectivity index (χ1n) is 9.88. The number of hydrogen-bond acceptors (Lipinski definition) is 3. The summed E-state index contributed by atoms with van der Waals surface area (Å²) in [5, 5.41) is 0. The second-order valence-electron chi connectivity index (χ2n) is 7.59. The van der Waals surface area contributed by atoms with E-state index in [1.807, 2.05) is 24.3 Å². The van der Waals surface area contributed by atoms with E-state index in [0.717, 1.165) is 25.8 Å². The molecule has 1 saturated heterocycles. The van der Waals surface area contributed by atoms with E-state index in [4.69, 9.17) is 4.74 Å². The molecule has 2 aliphatic rings. The predicted molar refractivity (Wildman–Crippen MR) is 103 cm³/mol. The van der Waals surface area contributed by atoms with Gasteiger partial charge in [0.05, 0.1) is 5.92 Å². The zero-order chi connectivity index (χ0) is 17.8. The number of rotatable bonds is 5. The van der Waals surface area contributed by atoms with Crippen molar-refractivity contribution in [3.05, 3.63) is 65.2 Å². The van der Waals surface area contributed by atoms with E-state index >= 15 is 0 Å². The lowest BCUT2D eigenvalue weighted by Crippen LogP contribution is -2.31. The summed E-state index contributed by atoms with van der Waals surface area (Å²) < 4.78 is 5.63. The number of hydrogen-bond donors (Lipinski definition) is 0. The third-order valence-electron chi connectivity index (χ3n) is 5.69. The third kappa shape index (κ3) is 4.16. The highest BCUT2D eigenvalue weighted by molar-refractivity contribution is 5.77. The van der Waals surface area contributed by atoms with Crippen molar-refractivity contribution in [2.24, 2.45) is 5.92 Å². The minimum atomic E-state index is -0.109. The van der Waals surface area contributed by atoms with E-state index in [2.05, 4.69) is 29.2 Å². The number of piperidine rings is 1. The molecule has 0 amide bonds. The summed E-state index contributed by atoms with van der Waals surface area (Å²) in [6.07, 6.45) is 6.69. The summed E-state index contributed by atoms with van der Waals surface area (Å²) >= 11 is 0. The number of ether oxygens (including phenoxy) is 1. The molecule has 1 fully saturated rings. The third-order valence-corrected chi connectivity index (χ3v) is 5.69. The number of benzene rings is 2. The first kappa shape index (κ1) is 17.3. The van der Waals surface area contributed by atoms with E-state index in [1.54, 1.807) is 0 Å². The van der Waals surface area contributed by atoms with E-state index in [0.29, 0.717) is 5.75 Å². The molecule has 4 rings (SSSR count). The fourth-order valence-corrected chi connectivity index (χ4v) is 4.12. The number of fused-ring (bicyclic) bond motifs is 1. The average Bonchev–Trinajstić information content (AvgIpc) is 3.13. The first-order valence-corrected chi connectivity index (χ1v) is 9.88. The van der Waals surface area contributed by atoms with Gasteiger partial charge in [0.1, 0.15) is 5.75 Å². The van der Waals surface area contributed by atoms with Crippen molar-refractivity contribution in [2.45, 2.75) is 38.5 Å². The van der Waals surface area contributed by atoms with Crippen LogP contribution in [0.1, 0.15) is 36.0 Å². The lowest BCUT2D eigenvalue weighted by atomic mass is 10.1. The fraction of sp³-hybridized carbons (Fsp3) is 0.435. The Morgan fingerprint density at radius 3 is 2.23 bits per heavy atom. The fourth-order valence-electron chi connectivity index (χ4n) is 4.12. The molecule has 3 heteroatoms. The van der Waals surface area contributed by atoms with Gasteiger partial charge in [0.2, 0.25) is 0 Å². The highest BCUT2D eigenvalue weighted by atomic mass is 16.5. The van der Waals surface area contributed by atoms with Crippen LogP contribution in [0.4, 0.5) is 0 Å². The quantitative estimate of drug-likeness (QED) is 0.603. The van der Waals surface area contributed by atoms with Gasteiger partial charge in [-0.2, -0.15) is 0 Å². The molecule has 0 aromatic heterocycles. The molecular weight excluding hydrogens is 322 g/mol. The van der Waals surface area contributed by atoms with Crippen LogP contribution in [-0.2, 0) is 24.1 Å². The molecule has 0 radical (unpaired) electrons. The lowest BCUT2D eigenvalue weighted by Gasteiger charge is -2.26. The molecule has 3 nitrogen and oxygen atoms in total. The number of carbonyl (C=O) groups excluding carboxylic acids is 1. The Hall–Kier alpha value is -2.13. The van der Waals surface area contributed by atoms with Crippen LogP contribution in [0.3, 0.4) is 0 Å². The minimum Gasteiger partial charge on any atom is -0.426 e. The van der Waals surface area contributed by atoms with E-state index < -0.39 is 0 Å². The Bertz CT molecular complexity index is 722. The number of likely N-dealkylation sites (tertiary alicyclic amines) is 1. The number of carbonyl (C=O) groups is 1. The van der Waals surface area contributed by atoms with Crippen LogP contribution in [0.5, 0.6) is 5.75 Å². The van der Waals surface area contributed by atoms with E-state index in [9.17, 15) is 4.79 Å². The van der Waals surface area contributed by atoms with Crippen molar-refractivity contribution < 1.29 is 9.53 Å². The molecule has 0 spiro atoms. The Morgan fingerprint density at radius 2 is 1.58 bits per heavy atom. The second kappa shape index (κ2) is 8.05. The highest BCUT2D eigenvalue weighted by Gasteiger charge is 2.28. The van der Waals surface area contributed by atoms with Crippen molar-refractivity contribution in [3.8, 4) is 5.75 Å². The molecule has 1 heterocycles. The summed E-state index contributed by atoms with van der Waals surface area (Å²) in [6.45, 7) is 3.60. The highest BCUT2D eigenvalue weighted by Crippen LogP contribution is 2.28. The molecule has 0 unspecified atom stereocenters. The van der Waals surface area contributed by atoms with Gasteiger partial charge in [-0.25, -0.2) is 0 Å². The van der Waals surface area contributed by atoms with Crippen LogP contribution >= 0.6 is 0 Å². The zero-order valence-corrected chi connectivity index (χ0v) is 15.3. The lowest BCUT2D eigenvalue weighted by molar-refractivity contribution is -0.138.